The van der Waals surface area contributed by atoms with Gasteiger partial charge in [0.2, 0.25) is 5.88 Å². The Balaban J connectivity index is 1.29. The van der Waals surface area contributed by atoms with Crippen molar-refractivity contribution in [3.05, 3.63) is 54.6 Å². The summed E-state index contributed by atoms with van der Waals surface area (Å²) >= 11 is 0. The Bertz CT molecular complexity index is 935. The van der Waals surface area contributed by atoms with E-state index in [0.29, 0.717) is 37.2 Å². The molecule has 0 N–H and O–H groups in total. The van der Waals surface area contributed by atoms with Gasteiger partial charge in [0.05, 0.1) is 18.5 Å². The zero-order valence-corrected chi connectivity index (χ0v) is 15.7. The van der Waals surface area contributed by atoms with E-state index in [2.05, 4.69) is 20.3 Å². The standard InChI is InChI=1S/C20H22N6O2/c1-25-12-18(23-24-25)20(27)26-9-7-15(8-10-26)13-28-19-11-17(21-14-22-19)16-5-3-2-4-6-16/h2-6,11-12,14-15H,7-10,13H2,1H3. The first kappa shape index (κ1) is 18.1. The molecule has 1 amide bonds. The fraction of sp³-hybridized carbons (Fsp3) is 0.350. The van der Waals surface area contributed by atoms with Crippen LogP contribution in [0.15, 0.2) is 48.9 Å². The van der Waals surface area contributed by atoms with Gasteiger partial charge in [-0.1, -0.05) is 35.5 Å². The van der Waals surface area contributed by atoms with E-state index in [9.17, 15) is 4.79 Å². The molecule has 3 aromatic rings. The first-order valence-electron chi connectivity index (χ1n) is 9.35. The van der Waals surface area contributed by atoms with E-state index in [4.69, 9.17) is 4.74 Å². The molecule has 8 nitrogen and oxygen atoms in total. The molecule has 0 saturated carbocycles. The number of hydrogen-bond donors (Lipinski definition) is 0. The first-order valence-corrected chi connectivity index (χ1v) is 9.35. The predicted octanol–water partition coefficient (Wildman–Crippen LogP) is 2.20. The van der Waals surface area contributed by atoms with Crippen LogP contribution in [-0.2, 0) is 7.05 Å². The zero-order chi connectivity index (χ0) is 19.3. The molecule has 2 aromatic heterocycles. The van der Waals surface area contributed by atoms with E-state index < -0.39 is 0 Å². The van der Waals surface area contributed by atoms with E-state index in [0.717, 1.165) is 24.1 Å². The lowest BCUT2D eigenvalue weighted by molar-refractivity contribution is 0.0653. The van der Waals surface area contributed by atoms with Gasteiger partial charge in [-0.15, -0.1) is 5.10 Å². The summed E-state index contributed by atoms with van der Waals surface area (Å²) in [5, 5.41) is 7.73. The number of amides is 1. The minimum Gasteiger partial charge on any atom is -0.477 e. The van der Waals surface area contributed by atoms with Gasteiger partial charge in [-0.3, -0.25) is 9.48 Å². The third-order valence-corrected chi connectivity index (χ3v) is 4.90. The number of hydrogen-bond acceptors (Lipinski definition) is 6. The molecule has 0 spiro atoms. The Morgan fingerprint density at radius 1 is 1.18 bits per heavy atom. The largest absolute Gasteiger partial charge is 0.477 e. The van der Waals surface area contributed by atoms with Crippen molar-refractivity contribution < 1.29 is 9.53 Å². The van der Waals surface area contributed by atoms with Crippen LogP contribution in [0.25, 0.3) is 11.3 Å². The van der Waals surface area contributed by atoms with Crippen molar-refractivity contribution in [2.45, 2.75) is 12.8 Å². The normalized spacial score (nSPS) is 14.8. The summed E-state index contributed by atoms with van der Waals surface area (Å²) in [6, 6.07) is 11.8. The fourth-order valence-electron chi connectivity index (χ4n) is 3.30. The van der Waals surface area contributed by atoms with Gasteiger partial charge in [-0.25, -0.2) is 9.97 Å². The molecule has 1 saturated heterocycles. The minimum atomic E-state index is -0.0595. The summed E-state index contributed by atoms with van der Waals surface area (Å²) in [4.78, 5) is 22.8. The van der Waals surface area contributed by atoms with Crippen molar-refractivity contribution >= 4 is 5.91 Å². The molecule has 0 unspecified atom stereocenters. The third kappa shape index (κ3) is 4.16. The van der Waals surface area contributed by atoms with Gasteiger partial charge in [0.25, 0.3) is 5.91 Å². The number of ether oxygens (including phenoxy) is 1. The van der Waals surface area contributed by atoms with Crippen molar-refractivity contribution in [3.63, 3.8) is 0 Å². The fourth-order valence-corrected chi connectivity index (χ4v) is 3.30. The number of likely N-dealkylation sites (tertiary alicyclic amines) is 1. The summed E-state index contributed by atoms with van der Waals surface area (Å²) < 4.78 is 7.45. The molecule has 1 aliphatic heterocycles. The maximum absolute atomic E-state index is 12.4. The Labute approximate surface area is 163 Å². The van der Waals surface area contributed by atoms with E-state index >= 15 is 0 Å². The summed E-state index contributed by atoms with van der Waals surface area (Å²) in [7, 11) is 1.75. The quantitative estimate of drug-likeness (QED) is 0.677. The SMILES string of the molecule is Cn1cc(C(=O)N2CCC(COc3cc(-c4ccccc4)ncn3)CC2)nn1. The molecule has 4 rings (SSSR count). The Morgan fingerprint density at radius 3 is 2.68 bits per heavy atom. The lowest BCUT2D eigenvalue weighted by Gasteiger charge is -2.31. The molecule has 144 valence electrons. The van der Waals surface area contributed by atoms with Crippen molar-refractivity contribution in [2.24, 2.45) is 13.0 Å². The molecule has 0 atom stereocenters. The highest BCUT2D eigenvalue weighted by atomic mass is 16.5. The molecule has 0 bridgehead atoms. The van der Waals surface area contributed by atoms with Crippen LogP contribution in [-0.4, -0.2) is 55.5 Å². The van der Waals surface area contributed by atoms with Crippen LogP contribution in [0, 0.1) is 5.92 Å². The Morgan fingerprint density at radius 2 is 1.96 bits per heavy atom. The van der Waals surface area contributed by atoms with Crippen LogP contribution < -0.4 is 4.74 Å². The predicted molar refractivity (Wildman–Crippen MR) is 103 cm³/mol. The van der Waals surface area contributed by atoms with Crippen LogP contribution >= 0.6 is 0 Å². The van der Waals surface area contributed by atoms with Crippen LogP contribution in [0.1, 0.15) is 23.3 Å². The second kappa shape index (κ2) is 8.16. The average Bonchev–Trinajstić information content (AvgIpc) is 3.19. The molecule has 1 aliphatic rings. The maximum Gasteiger partial charge on any atom is 0.276 e. The maximum atomic E-state index is 12.4. The van der Waals surface area contributed by atoms with Crippen molar-refractivity contribution in [1.82, 2.24) is 29.9 Å². The number of nitrogens with zero attached hydrogens (tertiary/aromatic N) is 6. The van der Waals surface area contributed by atoms with Gasteiger partial charge in [0, 0.05) is 31.8 Å². The van der Waals surface area contributed by atoms with Crippen LogP contribution in [0.2, 0.25) is 0 Å². The Hall–Kier alpha value is -3.29. The summed E-state index contributed by atoms with van der Waals surface area (Å²) in [6.45, 7) is 1.98. The molecule has 1 fully saturated rings. The van der Waals surface area contributed by atoms with Crippen molar-refractivity contribution in [1.29, 1.82) is 0 Å². The number of aryl methyl sites for hydroxylation is 1. The highest BCUT2D eigenvalue weighted by molar-refractivity contribution is 5.91. The third-order valence-electron chi connectivity index (χ3n) is 4.90. The Kier molecular flexibility index (Phi) is 5.27. The van der Waals surface area contributed by atoms with E-state index in [-0.39, 0.29) is 5.91 Å². The van der Waals surface area contributed by atoms with Gasteiger partial charge < -0.3 is 9.64 Å². The summed E-state index contributed by atoms with van der Waals surface area (Å²) in [5.74, 6) is 0.906. The van der Waals surface area contributed by atoms with Crippen LogP contribution in [0.5, 0.6) is 5.88 Å². The number of piperidine rings is 1. The van der Waals surface area contributed by atoms with Gasteiger partial charge >= 0.3 is 0 Å². The number of aromatic nitrogens is 5. The molecular formula is C20H22N6O2. The number of benzene rings is 1. The summed E-state index contributed by atoms with van der Waals surface area (Å²) in [5.41, 5.74) is 2.27. The number of carbonyl (C=O) groups excluding carboxylic acids is 1. The zero-order valence-electron chi connectivity index (χ0n) is 15.7. The molecule has 0 aliphatic carbocycles. The van der Waals surface area contributed by atoms with E-state index in [1.165, 1.54) is 6.33 Å². The highest BCUT2D eigenvalue weighted by Gasteiger charge is 2.25. The lowest BCUT2D eigenvalue weighted by atomic mass is 9.97. The number of carbonyl (C=O) groups is 1. The molecule has 1 aromatic carbocycles. The van der Waals surface area contributed by atoms with Crippen molar-refractivity contribution in [2.75, 3.05) is 19.7 Å². The summed E-state index contributed by atoms with van der Waals surface area (Å²) in [6.07, 6.45) is 4.96. The van der Waals surface area contributed by atoms with Crippen LogP contribution in [0.3, 0.4) is 0 Å². The monoisotopic (exact) mass is 378 g/mol. The number of rotatable bonds is 5. The molecule has 8 heteroatoms. The van der Waals surface area contributed by atoms with Gasteiger partial charge in [-0.2, -0.15) is 0 Å². The highest BCUT2D eigenvalue weighted by Crippen LogP contribution is 2.22. The second-order valence-electron chi connectivity index (χ2n) is 6.93. The van der Waals surface area contributed by atoms with Gasteiger partial charge in [-0.05, 0) is 18.8 Å². The molecule has 0 radical (unpaired) electrons. The minimum absolute atomic E-state index is 0.0595. The molecule has 3 heterocycles. The van der Waals surface area contributed by atoms with Gasteiger partial charge in [0.1, 0.15) is 6.33 Å². The smallest absolute Gasteiger partial charge is 0.276 e. The topological polar surface area (TPSA) is 86.0 Å². The second-order valence-corrected chi connectivity index (χ2v) is 6.93. The first-order chi connectivity index (χ1) is 13.7. The molecule has 28 heavy (non-hydrogen) atoms. The van der Waals surface area contributed by atoms with E-state index in [1.54, 1.807) is 17.9 Å². The van der Waals surface area contributed by atoms with E-state index in [1.807, 2.05) is 41.3 Å². The van der Waals surface area contributed by atoms with Gasteiger partial charge in [0.15, 0.2) is 5.69 Å². The molecular weight excluding hydrogens is 356 g/mol. The van der Waals surface area contributed by atoms with Crippen molar-refractivity contribution in [3.8, 4) is 17.1 Å². The van der Waals surface area contributed by atoms with Crippen LogP contribution in [0.4, 0.5) is 0 Å². The average molecular weight is 378 g/mol. The lowest BCUT2D eigenvalue weighted by Crippen LogP contribution is -2.39.